The van der Waals surface area contributed by atoms with Gasteiger partial charge in [-0.1, -0.05) is 0 Å². The van der Waals surface area contributed by atoms with E-state index >= 15 is 0 Å². The molecule has 7 N–H and O–H groups in total. The first-order valence-electron chi connectivity index (χ1n) is 4.55. The van der Waals surface area contributed by atoms with Crippen LogP contribution < -0.4 is 11.5 Å². The quantitative estimate of drug-likeness (QED) is 0.293. The van der Waals surface area contributed by atoms with E-state index in [9.17, 15) is 14.7 Å². The molecule has 8 heteroatoms. The summed E-state index contributed by atoms with van der Waals surface area (Å²) < 4.78 is 4.87. The van der Waals surface area contributed by atoms with Crippen molar-refractivity contribution in [3.05, 3.63) is 0 Å². The van der Waals surface area contributed by atoms with E-state index in [1.165, 1.54) is 0 Å². The van der Waals surface area contributed by atoms with Gasteiger partial charge in [0.1, 0.15) is 0 Å². The summed E-state index contributed by atoms with van der Waals surface area (Å²) in [6.45, 7) is -1.31. The molecule has 2 unspecified atom stereocenters. The second kappa shape index (κ2) is 6.38. The maximum Gasteiger partial charge on any atom is 0.253 e. The molecule has 0 saturated carbocycles. The van der Waals surface area contributed by atoms with Crippen molar-refractivity contribution in [2.45, 2.75) is 18.1 Å². The summed E-state index contributed by atoms with van der Waals surface area (Å²) in [6.07, 6.45) is -2.38. The number of aliphatic hydroxyl groups is 3. The van der Waals surface area contributed by atoms with Crippen LogP contribution in [0.5, 0.6) is 0 Å². The molecular formula is C8H16N2O6. The Morgan fingerprint density at radius 1 is 1.25 bits per heavy atom. The molecule has 0 aromatic heterocycles. The van der Waals surface area contributed by atoms with Gasteiger partial charge in [-0.3, -0.25) is 9.59 Å². The molecule has 0 heterocycles. The minimum absolute atomic E-state index is 0.326. The fraction of sp³-hybridized carbons (Fsp3) is 0.750. The molecule has 0 fully saturated rings. The predicted molar refractivity (Wildman–Crippen MR) is 51.9 cm³/mol. The third-order valence-electron chi connectivity index (χ3n) is 2.06. The highest BCUT2D eigenvalue weighted by molar-refractivity contribution is 5.92. The Kier molecular flexibility index (Phi) is 5.89. The summed E-state index contributed by atoms with van der Waals surface area (Å²) in [5.41, 5.74) is 7.75. The molecule has 0 aromatic rings. The van der Waals surface area contributed by atoms with Gasteiger partial charge >= 0.3 is 0 Å². The van der Waals surface area contributed by atoms with Gasteiger partial charge in [-0.15, -0.1) is 0 Å². The average Bonchev–Trinajstić information content (AvgIpc) is 2.22. The Morgan fingerprint density at radius 3 is 2.12 bits per heavy atom. The Balaban J connectivity index is 5.07. The van der Waals surface area contributed by atoms with E-state index < -0.39 is 43.2 Å². The summed E-state index contributed by atoms with van der Waals surface area (Å²) in [4.78, 5) is 22.0. The zero-order valence-electron chi connectivity index (χ0n) is 8.63. The van der Waals surface area contributed by atoms with E-state index in [1.54, 1.807) is 0 Å². The van der Waals surface area contributed by atoms with Crippen molar-refractivity contribution in [1.82, 2.24) is 0 Å². The highest BCUT2D eigenvalue weighted by Crippen LogP contribution is 2.20. The topological polar surface area (TPSA) is 156 Å². The van der Waals surface area contributed by atoms with Crippen LogP contribution in [0.15, 0.2) is 0 Å². The van der Waals surface area contributed by atoms with E-state index in [0.29, 0.717) is 0 Å². The zero-order valence-corrected chi connectivity index (χ0v) is 8.63. The van der Waals surface area contributed by atoms with Crippen LogP contribution in [-0.4, -0.2) is 58.7 Å². The molecule has 0 radical (unpaired) electrons. The van der Waals surface area contributed by atoms with E-state index in [4.69, 9.17) is 26.4 Å². The van der Waals surface area contributed by atoms with Crippen LogP contribution in [0.4, 0.5) is 0 Å². The Labute approximate surface area is 91.8 Å². The van der Waals surface area contributed by atoms with E-state index in [1.807, 2.05) is 0 Å². The molecule has 16 heavy (non-hydrogen) atoms. The van der Waals surface area contributed by atoms with Crippen LogP contribution in [0, 0.1) is 0 Å². The molecule has 0 spiro atoms. The Bertz CT molecular complexity index is 259. The number of carbonyl (C=O) groups excluding carboxylic acids is 2. The van der Waals surface area contributed by atoms with Gasteiger partial charge in [-0.05, 0) is 0 Å². The number of rotatable bonds is 8. The first-order chi connectivity index (χ1) is 7.42. The molecule has 0 bridgehead atoms. The van der Waals surface area contributed by atoms with E-state index in [0.717, 1.165) is 0 Å². The SMILES string of the molecule is NC(=O)C(O)C(CCO)(OCCO)C(N)=O. The summed E-state index contributed by atoms with van der Waals surface area (Å²) in [7, 11) is 0. The highest BCUT2D eigenvalue weighted by Gasteiger charge is 2.47. The maximum atomic E-state index is 11.2. The van der Waals surface area contributed by atoms with Gasteiger partial charge in [-0.25, -0.2) is 0 Å². The third kappa shape index (κ3) is 3.14. The minimum Gasteiger partial charge on any atom is -0.396 e. The van der Waals surface area contributed by atoms with Crippen molar-refractivity contribution in [1.29, 1.82) is 0 Å². The molecule has 2 amide bonds. The average molecular weight is 236 g/mol. The van der Waals surface area contributed by atoms with Crippen LogP contribution in [0.3, 0.4) is 0 Å². The first kappa shape index (κ1) is 14.8. The van der Waals surface area contributed by atoms with Gasteiger partial charge in [0.15, 0.2) is 11.7 Å². The van der Waals surface area contributed by atoms with Crippen molar-refractivity contribution < 1.29 is 29.6 Å². The van der Waals surface area contributed by atoms with Gasteiger partial charge < -0.3 is 31.5 Å². The maximum absolute atomic E-state index is 11.2. The van der Waals surface area contributed by atoms with Crippen molar-refractivity contribution in [2.75, 3.05) is 19.8 Å². The minimum atomic E-state index is -2.11. The van der Waals surface area contributed by atoms with Crippen LogP contribution in [0.2, 0.25) is 0 Å². The lowest BCUT2D eigenvalue weighted by Gasteiger charge is -2.32. The number of amides is 2. The van der Waals surface area contributed by atoms with Crippen LogP contribution in [-0.2, 0) is 14.3 Å². The molecule has 0 aliphatic heterocycles. The van der Waals surface area contributed by atoms with Gasteiger partial charge in [0, 0.05) is 13.0 Å². The van der Waals surface area contributed by atoms with E-state index in [-0.39, 0.29) is 6.61 Å². The van der Waals surface area contributed by atoms with Gasteiger partial charge in [0.05, 0.1) is 13.2 Å². The van der Waals surface area contributed by atoms with Crippen LogP contribution >= 0.6 is 0 Å². The van der Waals surface area contributed by atoms with Crippen LogP contribution in [0.1, 0.15) is 6.42 Å². The van der Waals surface area contributed by atoms with Crippen LogP contribution in [0.25, 0.3) is 0 Å². The summed E-state index contributed by atoms with van der Waals surface area (Å²) in [5.74, 6) is -2.34. The standard InChI is InChI=1S/C8H16N2O6/c9-6(14)5(13)8(1-2-11,7(10)15)16-4-3-12/h5,11-13H,1-4H2,(H2,9,14)(H2,10,15). The smallest absolute Gasteiger partial charge is 0.253 e. The van der Waals surface area contributed by atoms with E-state index in [2.05, 4.69) is 0 Å². The molecule has 0 saturated heterocycles. The lowest BCUT2D eigenvalue weighted by molar-refractivity contribution is -0.174. The number of nitrogens with two attached hydrogens (primary N) is 2. The fourth-order valence-corrected chi connectivity index (χ4v) is 1.24. The normalized spacial score (nSPS) is 16.4. The molecule has 0 aromatic carbocycles. The molecule has 2 atom stereocenters. The lowest BCUT2D eigenvalue weighted by atomic mass is 9.91. The molecule has 0 rings (SSSR count). The summed E-state index contributed by atoms with van der Waals surface area (Å²) >= 11 is 0. The van der Waals surface area contributed by atoms with Crippen molar-refractivity contribution >= 4 is 11.8 Å². The molecule has 94 valence electrons. The number of aliphatic hydroxyl groups excluding tert-OH is 3. The molecule has 0 aliphatic carbocycles. The fourth-order valence-electron chi connectivity index (χ4n) is 1.24. The number of hydrogen-bond acceptors (Lipinski definition) is 6. The van der Waals surface area contributed by atoms with Gasteiger partial charge in [0.2, 0.25) is 5.91 Å². The third-order valence-corrected chi connectivity index (χ3v) is 2.06. The number of primary amides is 2. The summed E-state index contributed by atoms with van der Waals surface area (Å²) in [5, 5.41) is 26.8. The molecule has 8 nitrogen and oxygen atoms in total. The van der Waals surface area contributed by atoms with Gasteiger partial charge in [0.25, 0.3) is 5.91 Å². The zero-order chi connectivity index (χ0) is 12.8. The predicted octanol–water partition coefficient (Wildman–Crippen LogP) is -3.55. The first-order valence-corrected chi connectivity index (χ1v) is 4.55. The Morgan fingerprint density at radius 2 is 1.81 bits per heavy atom. The second-order valence-electron chi connectivity index (χ2n) is 3.10. The number of hydrogen-bond donors (Lipinski definition) is 5. The largest absolute Gasteiger partial charge is 0.396 e. The monoisotopic (exact) mass is 236 g/mol. The lowest BCUT2D eigenvalue weighted by Crippen LogP contribution is -2.60. The molecular weight excluding hydrogens is 220 g/mol. The Hall–Kier alpha value is -1.22. The van der Waals surface area contributed by atoms with Crippen molar-refractivity contribution in [3.8, 4) is 0 Å². The second-order valence-corrected chi connectivity index (χ2v) is 3.10. The number of carbonyl (C=O) groups is 2. The number of ether oxygens (including phenoxy) is 1. The molecule has 0 aliphatic rings. The van der Waals surface area contributed by atoms with Crippen molar-refractivity contribution in [3.63, 3.8) is 0 Å². The summed E-state index contributed by atoms with van der Waals surface area (Å²) in [6, 6.07) is 0. The van der Waals surface area contributed by atoms with Crippen molar-refractivity contribution in [2.24, 2.45) is 11.5 Å². The van der Waals surface area contributed by atoms with Gasteiger partial charge in [-0.2, -0.15) is 0 Å². The highest BCUT2D eigenvalue weighted by atomic mass is 16.5.